The zero-order chi connectivity index (χ0) is 18.0. The molecular weight excluding hydrogens is 322 g/mol. The Labute approximate surface area is 145 Å². The lowest BCUT2D eigenvalue weighted by molar-refractivity contribution is -0.147. The monoisotopic (exact) mass is 341 g/mol. The third kappa shape index (κ3) is 2.97. The van der Waals surface area contributed by atoms with Gasteiger partial charge in [-0.1, -0.05) is 6.08 Å². The Morgan fingerprint density at radius 3 is 2.76 bits per heavy atom. The number of hydrogen-bond acceptors (Lipinski definition) is 5. The molecule has 3 rings (SSSR count). The molecule has 1 aliphatic carbocycles. The van der Waals surface area contributed by atoms with Crippen LogP contribution in [0, 0.1) is 5.41 Å². The largest absolute Gasteiger partial charge is 0.331 e. The second kappa shape index (κ2) is 6.58. The summed E-state index contributed by atoms with van der Waals surface area (Å²) in [6.45, 7) is 1.10. The molecule has 7 heteroatoms. The number of rotatable bonds is 4. The summed E-state index contributed by atoms with van der Waals surface area (Å²) in [7, 11) is 0. The van der Waals surface area contributed by atoms with Gasteiger partial charge in [-0.3, -0.25) is 29.6 Å². The molecule has 2 aliphatic rings. The van der Waals surface area contributed by atoms with Crippen molar-refractivity contribution in [2.45, 2.75) is 32.6 Å². The van der Waals surface area contributed by atoms with Crippen molar-refractivity contribution in [1.82, 2.24) is 15.2 Å². The van der Waals surface area contributed by atoms with E-state index in [-0.39, 0.29) is 0 Å². The highest BCUT2D eigenvalue weighted by molar-refractivity contribution is 6.22. The minimum absolute atomic E-state index is 0.304. The van der Waals surface area contributed by atoms with Crippen LogP contribution in [0.1, 0.15) is 43.0 Å². The molecular formula is C18H19N3O4. The maximum Gasteiger partial charge on any atom is 0.331 e. The van der Waals surface area contributed by atoms with Gasteiger partial charge in [0, 0.05) is 18.0 Å². The molecule has 1 N–H and O–H groups in total. The van der Waals surface area contributed by atoms with E-state index >= 15 is 0 Å². The summed E-state index contributed by atoms with van der Waals surface area (Å²) >= 11 is 0. The van der Waals surface area contributed by atoms with E-state index in [1.165, 1.54) is 19.3 Å². The Hall–Kier alpha value is -2.83. The van der Waals surface area contributed by atoms with Crippen LogP contribution in [0.15, 0.2) is 36.2 Å². The molecule has 0 radical (unpaired) electrons. The van der Waals surface area contributed by atoms with Gasteiger partial charge >= 0.3 is 6.03 Å². The summed E-state index contributed by atoms with van der Waals surface area (Å²) in [5.74, 6) is -1.68. The zero-order valence-corrected chi connectivity index (χ0v) is 13.9. The number of ketones is 1. The van der Waals surface area contributed by atoms with Crippen molar-refractivity contribution in [2.24, 2.45) is 5.41 Å². The lowest BCUT2D eigenvalue weighted by Crippen LogP contribution is -2.64. The van der Waals surface area contributed by atoms with E-state index in [1.807, 2.05) is 6.08 Å². The third-order valence-corrected chi connectivity index (χ3v) is 4.81. The first-order chi connectivity index (χ1) is 11.9. The molecule has 7 nitrogen and oxygen atoms in total. The van der Waals surface area contributed by atoms with Crippen LogP contribution in [-0.2, 0) is 9.59 Å². The topological polar surface area (TPSA) is 96.4 Å². The molecule has 0 aromatic carbocycles. The molecule has 0 saturated carbocycles. The van der Waals surface area contributed by atoms with Crippen molar-refractivity contribution in [3.63, 3.8) is 0 Å². The van der Waals surface area contributed by atoms with Gasteiger partial charge in [0.2, 0.25) is 5.91 Å². The fourth-order valence-corrected chi connectivity index (χ4v) is 3.23. The van der Waals surface area contributed by atoms with Gasteiger partial charge in [0.15, 0.2) is 5.78 Å². The van der Waals surface area contributed by atoms with Crippen molar-refractivity contribution in [1.29, 1.82) is 0 Å². The molecule has 25 heavy (non-hydrogen) atoms. The molecule has 130 valence electrons. The van der Waals surface area contributed by atoms with Crippen molar-refractivity contribution < 1.29 is 19.2 Å². The predicted molar refractivity (Wildman–Crippen MR) is 88.5 cm³/mol. The number of nitrogens with one attached hydrogen (secondary N) is 1. The normalized spacial score (nSPS) is 24.0. The predicted octanol–water partition coefficient (Wildman–Crippen LogP) is 1.85. The number of Topliss-reactive ketones (excluding diaryl/α,β-unsaturated/α-hetero) is 1. The highest BCUT2D eigenvalue weighted by atomic mass is 16.2. The number of amides is 4. The van der Waals surface area contributed by atoms with Gasteiger partial charge in [0.25, 0.3) is 5.91 Å². The fraction of sp³-hybridized carbons (Fsp3) is 0.389. The second-order valence-electron chi connectivity index (χ2n) is 6.42. The number of nitrogens with zero attached hydrogens (tertiary/aromatic N) is 2. The molecule has 1 unspecified atom stereocenters. The van der Waals surface area contributed by atoms with Crippen LogP contribution in [-0.4, -0.2) is 40.1 Å². The second-order valence-corrected chi connectivity index (χ2v) is 6.42. The molecule has 1 atom stereocenters. The lowest BCUT2D eigenvalue weighted by atomic mass is 9.74. The van der Waals surface area contributed by atoms with Crippen molar-refractivity contribution in [3.05, 3.63) is 41.7 Å². The molecule has 0 bridgehead atoms. The maximum absolute atomic E-state index is 13.0. The van der Waals surface area contributed by atoms with Gasteiger partial charge in [-0.15, -0.1) is 0 Å². The molecule has 4 amide bonds. The van der Waals surface area contributed by atoms with E-state index in [4.69, 9.17) is 0 Å². The quantitative estimate of drug-likeness (QED) is 0.512. The number of imide groups is 2. The summed E-state index contributed by atoms with van der Waals surface area (Å²) in [6, 6.07) is 2.31. The van der Waals surface area contributed by atoms with Crippen LogP contribution in [0.25, 0.3) is 0 Å². The smallest absolute Gasteiger partial charge is 0.292 e. The SMILES string of the molecule is CC1(C2=CCCCC2)C(=O)NC(=O)N(CC(=O)c2cccnc2)C1=O. The molecule has 1 aromatic heterocycles. The fourth-order valence-electron chi connectivity index (χ4n) is 3.23. The summed E-state index contributed by atoms with van der Waals surface area (Å²) in [5.41, 5.74) is -0.421. The number of allylic oxidation sites excluding steroid dienone is 1. The van der Waals surface area contributed by atoms with Crippen LogP contribution in [0.4, 0.5) is 4.79 Å². The van der Waals surface area contributed by atoms with E-state index in [9.17, 15) is 19.2 Å². The first kappa shape index (κ1) is 17.0. The summed E-state index contributed by atoms with van der Waals surface area (Å²) < 4.78 is 0. The Morgan fingerprint density at radius 1 is 1.32 bits per heavy atom. The highest BCUT2D eigenvalue weighted by Gasteiger charge is 2.52. The number of carbonyl (C=O) groups is 4. The van der Waals surface area contributed by atoms with E-state index in [2.05, 4.69) is 10.3 Å². The average Bonchev–Trinajstić information content (AvgIpc) is 2.64. The summed E-state index contributed by atoms with van der Waals surface area (Å²) in [4.78, 5) is 54.6. The number of hydrogen-bond donors (Lipinski definition) is 1. The number of barbiturate groups is 1. The maximum atomic E-state index is 13.0. The number of pyridine rings is 1. The molecule has 1 aromatic rings. The van der Waals surface area contributed by atoms with Crippen LogP contribution < -0.4 is 5.32 Å². The Morgan fingerprint density at radius 2 is 2.12 bits per heavy atom. The van der Waals surface area contributed by atoms with Crippen molar-refractivity contribution in [3.8, 4) is 0 Å². The zero-order valence-electron chi connectivity index (χ0n) is 13.9. The van der Waals surface area contributed by atoms with E-state index in [0.29, 0.717) is 17.6 Å². The Balaban J connectivity index is 1.88. The van der Waals surface area contributed by atoms with Crippen LogP contribution in [0.2, 0.25) is 0 Å². The minimum Gasteiger partial charge on any atom is -0.292 e. The van der Waals surface area contributed by atoms with Crippen molar-refractivity contribution >= 4 is 23.6 Å². The van der Waals surface area contributed by atoms with Crippen molar-refractivity contribution in [2.75, 3.05) is 6.54 Å². The van der Waals surface area contributed by atoms with E-state index < -0.39 is 35.6 Å². The van der Waals surface area contributed by atoms with Crippen LogP contribution >= 0.6 is 0 Å². The van der Waals surface area contributed by atoms with Crippen LogP contribution in [0.3, 0.4) is 0 Å². The molecule has 0 spiro atoms. The molecule has 2 heterocycles. The van der Waals surface area contributed by atoms with Gasteiger partial charge in [-0.05, 0) is 50.3 Å². The van der Waals surface area contributed by atoms with Gasteiger partial charge in [0.1, 0.15) is 5.41 Å². The first-order valence-corrected chi connectivity index (χ1v) is 8.24. The van der Waals surface area contributed by atoms with Gasteiger partial charge in [-0.25, -0.2) is 4.79 Å². The minimum atomic E-state index is -1.44. The standard InChI is InChI=1S/C18H19N3O4/c1-18(13-7-3-2-4-8-13)15(23)20-17(25)21(16(18)24)11-14(22)12-6-5-9-19-10-12/h5-7,9-10H,2-4,8,11H2,1H3,(H,20,23,25). The van der Waals surface area contributed by atoms with E-state index in [1.54, 1.807) is 12.1 Å². The van der Waals surface area contributed by atoms with Gasteiger partial charge in [0.05, 0.1) is 6.54 Å². The summed E-state index contributed by atoms with van der Waals surface area (Å²) in [5, 5.41) is 2.22. The first-order valence-electron chi connectivity index (χ1n) is 8.24. The third-order valence-electron chi connectivity index (χ3n) is 4.81. The van der Waals surface area contributed by atoms with Gasteiger partial charge in [-0.2, -0.15) is 0 Å². The average molecular weight is 341 g/mol. The van der Waals surface area contributed by atoms with Crippen LogP contribution in [0.5, 0.6) is 0 Å². The lowest BCUT2D eigenvalue weighted by Gasteiger charge is -2.39. The Kier molecular flexibility index (Phi) is 4.48. The molecule has 1 saturated heterocycles. The number of carbonyl (C=O) groups excluding carboxylic acids is 4. The Bertz CT molecular complexity index is 772. The number of aromatic nitrogens is 1. The molecule has 1 aliphatic heterocycles. The van der Waals surface area contributed by atoms with Gasteiger partial charge < -0.3 is 0 Å². The summed E-state index contributed by atoms with van der Waals surface area (Å²) in [6.07, 6.45) is 8.14. The molecule has 1 fully saturated rings. The van der Waals surface area contributed by atoms with E-state index in [0.717, 1.165) is 24.2 Å². The highest BCUT2D eigenvalue weighted by Crippen LogP contribution is 2.38. The number of urea groups is 1.